The van der Waals surface area contributed by atoms with Gasteiger partial charge in [-0.15, -0.1) is 0 Å². The highest BCUT2D eigenvalue weighted by atomic mass is 35.5. The predicted molar refractivity (Wildman–Crippen MR) is 80.8 cm³/mol. The van der Waals surface area contributed by atoms with Crippen LogP contribution in [0.3, 0.4) is 0 Å². The van der Waals surface area contributed by atoms with Crippen LogP contribution in [0.2, 0.25) is 5.02 Å². The van der Waals surface area contributed by atoms with Crippen LogP contribution in [0.25, 0.3) is 21.7 Å². The lowest BCUT2D eigenvalue weighted by molar-refractivity contribution is 0.518. The maximum Gasteiger partial charge on any atom is 0.142 e. The second kappa shape index (κ2) is 4.87. The van der Waals surface area contributed by atoms with Crippen LogP contribution in [0.15, 0.2) is 34.7 Å². The Kier molecular flexibility index (Phi) is 3.21. The molecule has 1 heterocycles. The largest absolute Gasteiger partial charge is 0.459 e. The summed E-state index contributed by atoms with van der Waals surface area (Å²) in [5.74, 6) is 0.990. The number of hydrogen-bond acceptors (Lipinski definition) is 2. The first-order valence-electron chi connectivity index (χ1n) is 6.52. The number of halogens is 1. The van der Waals surface area contributed by atoms with Gasteiger partial charge in [-0.3, -0.25) is 0 Å². The topological polar surface area (TPSA) is 25.2 Å². The second-order valence-electron chi connectivity index (χ2n) is 4.71. The van der Waals surface area contributed by atoms with Gasteiger partial charge >= 0.3 is 0 Å². The van der Waals surface area contributed by atoms with Gasteiger partial charge < -0.3 is 9.73 Å². The first kappa shape index (κ1) is 12.5. The SMILES string of the molecule is CCNCc1oc2c(cc(Cl)c3ccccc32)c1C. The van der Waals surface area contributed by atoms with Gasteiger partial charge in [0.15, 0.2) is 0 Å². The van der Waals surface area contributed by atoms with Crippen LogP contribution in [-0.2, 0) is 6.54 Å². The average molecular weight is 274 g/mol. The molecule has 0 aliphatic carbocycles. The Labute approximate surface area is 117 Å². The van der Waals surface area contributed by atoms with Gasteiger partial charge in [0.25, 0.3) is 0 Å². The summed E-state index contributed by atoms with van der Waals surface area (Å²) in [7, 11) is 0. The van der Waals surface area contributed by atoms with Gasteiger partial charge in [-0.05, 0) is 25.1 Å². The summed E-state index contributed by atoms with van der Waals surface area (Å²) in [5.41, 5.74) is 2.11. The molecular weight excluding hydrogens is 258 g/mol. The van der Waals surface area contributed by atoms with Gasteiger partial charge in [0.2, 0.25) is 0 Å². The van der Waals surface area contributed by atoms with E-state index in [0.29, 0.717) is 0 Å². The Morgan fingerprint density at radius 3 is 2.63 bits per heavy atom. The van der Waals surface area contributed by atoms with E-state index in [1.165, 1.54) is 5.56 Å². The van der Waals surface area contributed by atoms with Gasteiger partial charge in [0, 0.05) is 21.2 Å². The van der Waals surface area contributed by atoms with Crippen molar-refractivity contribution in [2.75, 3.05) is 6.54 Å². The van der Waals surface area contributed by atoms with Crippen LogP contribution in [0.4, 0.5) is 0 Å². The predicted octanol–water partition coefficient (Wildman–Crippen LogP) is 4.66. The Hall–Kier alpha value is -1.51. The van der Waals surface area contributed by atoms with Crippen molar-refractivity contribution in [1.82, 2.24) is 5.32 Å². The Morgan fingerprint density at radius 2 is 1.89 bits per heavy atom. The molecule has 0 aliphatic rings. The summed E-state index contributed by atoms with van der Waals surface area (Å²) in [6, 6.07) is 10.1. The van der Waals surface area contributed by atoms with E-state index in [9.17, 15) is 0 Å². The van der Waals surface area contributed by atoms with E-state index in [0.717, 1.165) is 45.6 Å². The van der Waals surface area contributed by atoms with Gasteiger partial charge in [-0.1, -0.05) is 42.8 Å². The van der Waals surface area contributed by atoms with E-state index in [1.54, 1.807) is 0 Å². The highest BCUT2D eigenvalue weighted by molar-refractivity contribution is 6.37. The van der Waals surface area contributed by atoms with Crippen LogP contribution in [0, 0.1) is 6.92 Å². The molecule has 0 amide bonds. The third kappa shape index (κ3) is 2.01. The molecule has 0 fully saturated rings. The molecule has 3 aromatic rings. The van der Waals surface area contributed by atoms with E-state index < -0.39 is 0 Å². The van der Waals surface area contributed by atoms with Crippen molar-refractivity contribution in [3.63, 3.8) is 0 Å². The summed E-state index contributed by atoms with van der Waals surface area (Å²) in [5, 5.41) is 7.31. The van der Waals surface area contributed by atoms with Crippen LogP contribution in [0.5, 0.6) is 0 Å². The molecule has 0 saturated carbocycles. The van der Waals surface area contributed by atoms with Crippen LogP contribution in [0.1, 0.15) is 18.2 Å². The molecule has 2 nitrogen and oxygen atoms in total. The van der Waals surface area contributed by atoms with Crippen LogP contribution < -0.4 is 5.32 Å². The highest BCUT2D eigenvalue weighted by Crippen LogP contribution is 2.35. The summed E-state index contributed by atoms with van der Waals surface area (Å²) in [4.78, 5) is 0. The summed E-state index contributed by atoms with van der Waals surface area (Å²) < 4.78 is 6.05. The lowest BCUT2D eigenvalue weighted by Gasteiger charge is -2.01. The number of rotatable bonds is 3. The van der Waals surface area contributed by atoms with Crippen molar-refractivity contribution >= 4 is 33.3 Å². The van der Waals surface area contributed by atoms with E-state index in [4.69, 9.17) is 16.0 Å². The number of fused-ring (bicyclic) bond motifs is 3. The van der Waals surface area contributed by atoms with Gasteiger partial charge in [0.05, 0.1) is 6.54 Å². The molecule has 2 aromatic carbocycles. The molecule has 3 rings (SSSR count). The van der Waals surface area contributed by atoms with E-state index in [-0.39, 0.29) is 0 Å². The van der Waals surface area contributed by atoms with Crippen molar-refractivity contribution in [1.29, 1.82) is 0 Å². The lowest BCUT2D eigenvalue weighted by atomic mass is 10.1. The first-order valence-corrected chi connectivity index (χ1v) is 6.90. The number of nitrogens with one attached hydrogen (secondary N) is 1. The molecule has 0 unspecified atom stereocenters. The van der Waals surface area contributed by atoms with Crippen molar-refractivity contribution in [2.24, 2.45) is 0 Å². The third-order valence-electron chi connectivity index (χ3n) is 3.53. The number of hydrogen-bond donors (Lipinski definition) is 1. The third-order valence-corrected chi connectivity index (χ3v) is 3.84. The smallest absolute Gasteiger partial charge is 0.142 e. The highest BCUT2D eigenvalue weighted by Gasteiger charge is 2.14. The Morgan fingerprint density at radius 1 is 1.16 bits per heavy atom. The molecule has 0 radical (unpaired) electrons. The van der Waals surface area contributed by atoms with Crippen molar-refractivity contribution in [3.8, 4) is 0 Å². The Bertz CT molecular complexity index is 745. The fraction of sp³-hybridized carbons (Fsp3) is 0.250. The van der Waals surface area contributed by atoms with E-state index >= 15 is 0 Å². The molecule has 1 N–H and O–H groups in total. The maximum absolute atomic E-state index is 6.36. The molecule has 19 heavy (non-hydrogen) atoms. The normalized spacial score (nSPS) is 11.5. The molecule has 98 valence electrons. The number of aryl methyl sites for hydroxylation is 1. The van der Waals surface area contributed by atoms with Crippen molar-refractivity contribution < 1.29 is 4.42 Å². The summed E-state index contributed by atoms with van der Waals surface area (Å²) in [6.45, 7) is 5.86. The molecule has 0 saturated heterocycles. The zero-order valence-corrected chi connectivity index (χ0v) is 11.8. The lowest BCUT2D eigenvalue weighted by Crippen LogP contribution is -2.11. The van der Waals surface area contributed by atoms with Crippen molar-refractivity contribution in [2.45, 2.75) is 20.4 Å². The van der Waals surface area contributed by atoms with Gasteiger partial charge in [-0.25, -0.2) is 0 Å². The fourth-order valence-electron chi connectivity index (χ4n) is 2.45. The minimum Gasteiger partial charge on any atom is -0.459 e. The van der Waals surface area contributed by atoms with E-state index in [1.807, 2.05) is 24.3 Å². The van der Waals surface area contributed by atoms with Crippen LogP contribution in [-0.4, -0.2) is 6.54 Å². The quantitative estimate of drug-likeness (QED) is 0.751. The Balaban J connectivity index is 2.31. The molecule has 0 bridgehead atoms. The van der Waals surface area contributed by atoms with Crippen LogP contribution >= 0.6 is 11.6 Å². The first-order chi connectivity index (χ1) is 9.22. The minimum absolute atomic E-state index is 0.753. The van der Waals surface area contributed by atoms with Gasteiger partial charge in [0.1, 0.15) is 11.3 Å². The zero-order valence-electron chi connectivity index (χ0n) is 11.1. The van der Waals surface area contributed by atoms with Crippen molar-refractivity contribution in [3.05, 3.63) is 46.7 Å². The summed E-state index contributed by atoms with van der Waals surface area (Å²) in [6.07, 6.45) is 0. The second-order valence-corrected chi connectivity index (χ2v) is 5.12. The molecule has 0 spiro atoms. The molecule has 0 atom stereocenters. The van der Waals surface area contributed by atoms with Gasteiger partial charge in [-0.2, -0.15) is 0 Å². The summed E-state index contributed by atoms with van der Waals surface area (Å²) >= 11 is 6.36. The molecule has 0 aliphatic heterocycles. The zero-order chi connectivity index (χ0) is 13.4. The molecular formula is C16H16ClNO. The minimum atomic E-state index is 0.753. The maximum atomic E-state index is 6.36. The molecule has 1 aromatic heterocycles. The average Bonchev–Trinajstić information content (AvgIpc) is 2.74. The van der Waals surface area contributed by atoms with E-state index in [2.05, 4.69) is 25.2 Å². The molecule has 3 heteroatoms. The number of benzene rings is 2. The fourth-order valence-corrected chi connectivity index (χ4v) is 2.72. The standard InChI is InChI=1S/C16H16ClNO/c1-3-18-9-15-10(2)13-8-14(17)11-6-4-5-7-12(11)16(13)19-15/h4-8,18H,3,9H2,1-2H3. The number of furan rings is 1. The monoisotopic (exact) mass is 273 g/mol.